The molecule has 0 bridgehead atoms. The molecule has 3 atom stereocenters. The molecule has 37 heavy (non-hydrogen) atoms. The van der Waals surface area contributed by atoms with Crippen LogP contribution in [-0.4, -0.2) is 62.0 Å². The summed E-state index contributed by atoms with van der Waals surface area (Å²) in [7, 11) is 1.86. The smallest absolute Gasteiger partial charge is 0.317 e. The summed E-state index contributed by atoms with van der Waals surface area (Å²) in [4.78, 5) is 14.9. The molecular formula is C28H44F3N3O3. The van der Waals surface area contributed by atoms with Gasteiger partial charge in [-0.2, -0.15) is 0 Å². The van der Waals surface area contributed by atoms with Gasteiger partial charge in [-0.15, -0.1) is 0 Å². The van der Waals surface area contributed by atoms with Crippen molar-refractivity contribution in [1.29, 1.82) is 0 Å². The van der Waals surface area contributed by atoms with Gasteiger partial charge in [0.1, 0.15) is 5.82 Å². The Kier molecular flexibility index (Phi) is 11.5. The topological polar surface area (TPSA) is 73.8 Å². The molecule has 9 heteroatoms. The molecule has 6 nitrogen and oxygen atoms in total. The summed E-state index contributed by atoms with van der Waals surface area (Å²) in [5.41, 5.74) is -2.19. The Morgan fingerprint density at radius 1 is 1.19 bits per heavy atom. The van der Waals surface area contributed by atoms with Crippen LogP contribution in [-0.2, 0) is 10.3 Å². The lowest BCUT2D eigenvalue weighted by Gasteiger charge is -2.43. The van der Waals surface area contributed by atoms with Crippen molar-refractivity contribution in [2.24, 2.45) is 11.8 Å². The van der Waals surface area contributed by atoms with E-state index >= 15 is 0 Å². The van der Waals surface area contributed by atoms with Crippen molar-refractivity contribution in [3.05, 3.63) is 35.1 Å². The molecule has 1 saturated heterocycles. The Morgan fingerprint density at radius 3 is 2.65 bits per heavy atom. The zero-order valence-electron chi connectivity index (χ0n) is 22.3. The fraction of sp³-hybridized carbons (Fsp3) is 0.750. The molecule has 0 unspecified atom stereocenters. The van der Waals surface area contributed by atoms with Crippen molar-refractivity contribution in [2.75, 3.05) is 39.9 Å². The van der Waals surface area contributed by atoms with Gasteiger partial charge in [0.25, 0.3) is 0 Å². The molecule has 1 aromatic carbocycles. The number of likely N-dealkylation sites (tertiary alicyclic amines) is 1. The number of urea groups is 1. The SMILES string of the molecule is CCOCCCC[C@@](O)(c1cc(F)cc(F)c1F)[C@@H]1CCCN(C(=O)N[C@H](CNC)CC2CCCC2)C1. The highest BCUT2D eigenvalue weighted by molar-refractivity contribution is 5.74. The van der Waals surface area contributed by atoms with Crippen molar-refractivity contribution < 1.29 is 27.8 Å². The zero-order valence-corrected chi connectivity index (χ0v) is 22.3. The first-order chi connectivity index (χ1) is 17.8. The molecule has 0 aromatic heterocycles. The van der Waals surface area contributed by atoms with Gasteiger partial charge in [-0.05, 0) is 64.5 Å². The minimum Gasteiger partial charge on any atom is -0.385 e. The molecule has 0 radical (unpaired) electrons. The highest BCUT2D eigenvalue weighted by atomic mass is 19.2. The van der Waals surface area contributed by atoms with E-state index in [-0.39, 0.29) is 30.6 Å². The maximum Gasteiger partial charge on any atom is 0.317 e. The van der Waals surface area contributed by atoms with Gasteiger partial charge in [-0.3, -0.25) is 0 Å². The van der Waals surface area contributed by atoms with Crippen LogP contribution in [0.2, 0.25) is 0 Å². The minimum absolute atomic E-state index is 0.00631. The van der Waals surface area contributed by atoms with Crippen LogP contribution in [0.4, 0.5) is 18.0 Å². The van der Waals surface area contributed by atoms with E-state index in [0.29, 0.717) is 64.0 Å². The van der Waals surface area contributed by atoms with Crippen LogP contribution in [0.1, 0.15) is 76.7 Å². The highest BCUT2D eigenvalue weighted by Gasteiger charge is 2.43. The number of piperidine rings is 1. The van der Waals surface area contributed by atoms with Gasteiger partial charge in [-0.25, -0.2) is 18.0 Å². The first-order valence-electron chi connectivity index (χ1n) is 13.9. The van der Waals surface area contributed by atoms with E-state index in [1.165, 1.54) is 25.7 Å². The number of amides is 2. The van der Waals surface area contributed by atoms with Crippen LogP contribution in [0.3, 0.4) is 0 Å². The lowest BCUT2D eigenvalue weighted by Crippen LogP contribution is -2.54. The lowest BCUT2D eigenvalue weighted by molar-refractivity contribution is -0.0595. The number of hydrogen-bond donors (Lipinski definition) is 3. The average molecular weight is 528 g/mol. The second-order valence-electron chi connectivity index (χ2n) is 10.7. The molecule has 1 aliphatic heterocycles. The van der Waals surface area contributed by atoms with Gasteiger partial charge in [0.05, 0.1) is 5.60 Å². The monoisotopic (exact) mass is 527 g/mol. The van der Waals surface area contributed by atoms with E-state index in [0.717, 1.165) is 12.5 Å². The fourth-order valence-electron chi connectivity index (χ4n) is 6.08. The van der Waals surface area contributed by atoms with E-state index in [9.17, 15) is 23.1 Å². The van der Waals surface area contributed by atoms with Crippen LogP contribution in [0.5, 0.6) is 0 Å². The van der Waals surface area contributed by atoms with Gasteiger partial charge >= 0.3 is 6.03 Å². The standard InChI is InChI=1S/C28H44F3N3O3/c1-3-37-14-7-6-12-28(36,24-16-22(29)17-25(30)26(24)31)21-11-8-13-34(19-21)27(35)33-23(18-32-2)15-20-9-4-5-10-20/h16-17,20-21,23,32,36H,3-15,18-19H2,1-2H3,(H,33,35)/t21-,23+,28+/m1/s1. The van der Waals surface area contributed by atoms with Crippen LogP contribution >= 0.6 is 0 Å². The van der Waals surface area contributed by atoms with Crippen molar-refractivity contribution in [3.8, 4) is 0 Å². The number of unbranched alkanes of at least 4 members (excludes halogenated alkanes) is 1. The predicted octanol–water partition coefficient (Wildman–Crippen LogP) is 5.09. The molecule has 0 spiro atoms. The zero-order chi connectivity index (χ0) is 26.8. The second kappa shape index (κ2) is 14.4. The number of likely N-dealkylation sites (N-methyl/N-ethyl adjacent to an activating group) is 1. The number of nitrogens with one attached hydrogen (secondary N) is 2. The quantitative estimate of drug-likeness (QED) is 0.247. The number of hydrogen-bond acceptors (Lipinski definition) is 4. The van der Waals surface area contributed by atoms with Crippen LogP contribution < -0.4 is 10.6 Å². The summed E-state index contributed by atoms with van der Waals surface area (Å²) in [6, 6.07) is 1.16. The normalized spacial score (nSPS) is 21.1. The van der Waals surface area contributed by atoms with Crippen LogP contribution in [0, 0.1) is 29.3 Å². The van der Waals surface area contributed by atoms with Crippen molar-refractivity contribution >= 4 is 6.03 Å². The molecule has 1 aromatic rings. The molecule has 210 valence electrons. The molecule has 3 N–H and O–H groups in total. The number of halogens is 3. The van der Waals surface area contributed by atoms with Gasteiger partial charge in [0.15, 0.2) is 11.6 Å². The van der Waals surface area contributed by atoms with Gasteiger partial charge in [0.2, 0.25) is 0 Å². The minimum atomic E-state index is -1.81. The third kappa shape index (κ3) is 8.07. The summed E-state index contributed by atoms with van der Waals surface area (Å²) in [6.07, 6.45) is 8.12. The third-order valence-electron chi connectivity index (χ3n) is 8.01. The Balaban J connectivity index is 1.75. The van der Waals surface area contributed by atoms with Crippen molar-refractivity contribution in [3.63, 3.8) is 0 Å². The highest BCUT2D eigenvalue weighted by Crippen LogP contribution is 2.41. The van der Waals surface area contributed by atoms with Crippen molar-refractivity contribution in [2.45, 2.75) is 82.8 Å². The number of aliphatic hydroxyl groups is 1. The fourth-order valence-corrected chi connectivity index (χ4v) is 6.08. The summed E-state index contributed by atoms with van der Waals surface area (Å²) in [5.74, 6) is -3.45. The van der Waals surface area contributed by atoms with Crippen molar-refractivity contribution in [1.82, 2.24) is 15.5 Å². The molecular weight excluding hydrogens is 483 g/mol. The number of nitrogens with zero attached hydrogens (tertiary/aromatic N) is 1. The van der Waals surface area contributed by atoms with E-state index in [4.69, 9.17) is 4.74 Å². The van der Waals surface area contributed by atoms with Gasteiger partial charge in [0, 0.05) is 56.4 Å². The maximum atomic E-state index is 14.9. The van der Waals surface area contributed by atoms with E-state index in [1.54, 1.807) is 4.90 Å². The maximum absolute atomic E-state index is 14.9. The Bertz CT molecular complexity index is 869. The van der Waals surface area contributed by atoms with Gasteiger partial charge in [-0.1, -0.05) is 25.7 Å². The van der Waals surface area contributed by atoms with E-state index in [2.05, 4.69) is 10.6 Å². The molecule has 2 amide bonds. The first-order valence-corrected chi connectivity index (χ1v) is 13.9. The summed E-state index contributed by atoms with van der Waals surface area (Å²) in [5, 5.41) is 18.2. The Labute approximate surface area is 219 Å². The number of rotatable bonds is 13. The van der Waals surface area contributed by atoms with Crippen LogP contribution in [0.15, 0.2) is 12.1 Å². The van der Waals surface area contributed by atoms with Crippen LogP contribution in [0.25, 0.3) is 0 Å². The number of carbonyl (C=O) groups excluding carboxylic acids is 1. The largest absolute Gasteiger partial charge is 0.385 e. The summed E-state index contributed by atoms with van der Waals surface area (Å²) < 4.78 is 48.7. The molecule has 2 fully saturated rings. The number of ether oxygens (including phenoxy) is 1. The summed E-state index contributed by atoms with van der Waals surface area (Å²) >= 11 is 0. The molecule has 1 aliphatic carbocycles. The Hall–Kier alpha value is -1.84. The first kappa shape index (κ1) is 29.7. The average Bonchev–Trinajstić information content (AvgIpc) is 3.39. The van der Waals surface area contributed by atoms with E-state index < -0.39 is 29.0 Å². The molecule has 3 rings (SSSR count). The number of benzene rings is 1. The molecule has 1 heterocycles. The predicted molar refractivity (Wildman–Crippen MR) is 138 cm³/mol. The van der Waals surface area contributed by atoms with E-state index in [1.807, 2.05) is 14.0 Å². The lowest BCUT2D eigenvalue weighted by atomic mass is 9.74. The second-order valence-corrected chi connectivity index (χ2v) is 10.7. The number of carbonyl (C=O) groups is 1. The van der Waals surface area contributed by atoms with Gasteiger partial charge < -0.3 is 25.4 Å². The third-order valence-corrected chi connectivity index (χ3v) is 8.01. The summed E-state index contributed by atoms with van der Waals surface area (Å²) in [6.45, 7) is 4.30. The molecule has 1 saturated carbocycles. The Morgan fingerprint density at radius 2 is 1.95 bits per heavy atom. The molecule has 2 aliphatic rings.